The van der Waals surface area contributed by atoms with E-state index < -0.39 is 0 Å². The molecule has 2 fully saturated rings. The molecule has 0 aromatic rings. The summed E-state index contributed by atoms with van der Waals surface area (Å²) in [6.07, 6.45) is 2.15. The minimum Gasteiger partial charge on any atom is -0.353 e. The normalized spacial score (nSPS) is 33.4. The number of nitrogens with one attached hydrogen (secondary N) is 2. The van der Waals surface area contributed by atoms with Gasteiger partial charge < -0.3 is 10.6 Å². The molecule has 4 atom stereocenters. The summed E-state index contributed by atoms with van der Waals surface area (Å²) in [5.74, 6) is 1.70. The second-order valence-electron chi connectivity index (χ2n) is 5.86. The van der Waals surface area contributed by atoms with Gasteiger partial charge in [-0.2, -0.15) is 0 Å². The number of fused-ring (bicyclic) bond motifs is 1. The first-order valence-electron chi connectivity index (χ1n) is 7.39. The molecule has 0 aromatic carbocycles. The molecule has 2 heterocycles. The molecule has 0 spiro atoms. The van der Waals surface area contributed by atoms with E-state index in [4.69, 9.17) is 0 Å². The first kappa shape index (κ1) is 13.8. The van der Waals surface area contributed by atoms with Crippen LogP contribution in [0.2, 0.25) is 0 Å². The maximum absolute atomic E-state index is 12.0. The Bertz CT molecular complexity index is 295. The molecule has 0 radical (unpaired) electrons. The topological polar surface area (TPSA) is 44.4 Å². The molecule has 0 bridgehead atoms. The van der Waals surface area contributed by atoms with Crippen molar-refractivity contribution in [3.05, 3.63) is 0 Å². The van der Waals surface area contributed by atoms with Crippen molar-refractivity contribution in [1.82, 2.24) is 15.5 Å². The summed E-state index contributed by atoms with van der Waals surface area (Å²) in [6.45, 7) is 10.3. The van der Waals surface area contributed by atoms with E-state index in [0.717, 1.165) is 44.3 Å². The van der Waals surface area contributed by atoms with Gasteiger partial charge in [0.2, 0.25) is 5.91 Å². The number of rotatable bonds is 5. The maximum atomic E-state index is 12.0. The third kappa shape index (κ3) is 2.86. The van der Waals surface area contributed by atoms with Gasteiger partial charge in [0.1, 0.15) is 0 Å². The highest BCUT2D eigenvalue weighted by Gasteiger charge is 2.43. The van der Waals surface area contributed by atoms with Crippen molar-refractivity contribution >= 4 is 5.91 Å². The first-order chi connectivity index (χ1) is 8.65. The third-order valence-electron chi connectivity index (χ3n) is 4.61. The summed E-state index contributed by atoms with van der Waals surface area (Å²) < 4.78 is 0. The van der Waals surface area contributed by atoms with E-state index in [0.29, 0.717) is 18.6 Å². The predicted octanol–water partition coefficient (Wildman–Crippen LogP) is 0.831. The zero-order chi connectivity index (χ0) is 13.1. The maximum Gasteiger partial charge on any atom is 0.234 e. The third-order valence-corrected chi connectivity index (χ3v) is 4.61. The minimum atomic E-state index is 0.190. The fourth-order valence-electron chi connectivity index (χ4n) is 3.46. The summed E-state index contributed by atoms with van der Waals surface area (Å²) in [7, 11) is 0. The van der Waals surface area contributed by atoms with Crippen molar-refractivity contribution in [3.8, 4) is 0 Å². The van der Waals surface area contributed by atoms with Gasteiger partial charge in [0.15, 0.2) is 0 Å². The van der Waals surface area contributed by atoms with Crippen molar-refractivity contribution in [2.45, 2.75) is 45.7 Å². The molecule has 0 aliphatic carbocycles. The summed E-state index contributed by atoms with van der Waals surface area (Å²) in [5, 5.41) is 6.55. The first-order valence-corrected chi connectivity index (χ1v) is 7.39. The van der Waals surface area contributed by atoms with Gasteiger partial charge in [-0.3, -0.25) is 9.69 Å². The molecular weight excluding hydrogens is 226 g/mol. The minimum absolute atomic E-state index is 0.190. The summed E-state index contributed by atoms with van der Waals surface area (Å²) in [5.41, 5.74) is 0. The van der Waals surface area contributed by atoms with Crippen molar-refractivity contribution in [2.24, 2.45) is 11.8 Å². The van der Waals surface area contributed by atoms with E-state index in [1.54, 1.807) is 0 Å². The van der Waals surface area contributed by atoms with Crippen LogP contribution in [-0.4, -0.2) is 49.1 Å². The van der Waals surface area contributed by atoms with Crippen LogP contribution in [0.15, 0.2) is 0 Å². The van der Waals surface area contributed by atoms with Crippen LogP contribution < -0.4 is 10.6 Å². The standard InChI is InChI=1S/C14H27N3O/c1-4-10(3)16-14(18)9-17-8-11-6-15-7-12(11)13(17)5-2/h10-13,15H,4-9H2,1-3H3,(H,16,18). The predicted molar refractivity (Wildman–Crippen MR) is 73.4 cm³/mol. The Balaban J connectivity index is 1.87. The van der Waals surface area contributed by atoms with Crippen LogP contribution in [0.5, 0.6) is 0 Å². The molecule has 4 unspecified atom stereocenters. The monoisotopic (exact) mass is 253 g/mol. The molecule has 4 heteroatoms. The summed E-state index contributed by atoms with van der Waals surface area (Å²) >= 11 is 0. The van der Waals surface area contributed by atoms with Crippen molar-refractivity contribution in [2.75, 3.05) is 26.2 Å². The van der Waals surface area contributed by atoms with E-state index in [-0.39, 0.29) is 5.91 Å². The number of likely N-dealkylation sites (tertiary alicyclic amines) is 1. The zero-order valence-corrected chi connectivity index (χ0v) is 11.9. The van der Waals surface area contributed by atoms with Crippen molar-refractivity contribution in [3.63, 3.8) is 0 Å². The molecule has 104 valence electrons. The Morgan fingerprint density at radius 3 is 2.89 bits per heavy atom. The molecule has 1 amide bonds. The summed E-state index contributed by atoms with van der Waals surface area (Å²) in [4.78, 5) is 14.4. The van der Waals surface area contributed by atoms with E-state index in [2.05, 4.69) is 36.3 Å². The van der Waals surface area contributed by atoms with Gasteiger partial charge in [0, 0.05) is 18.6 Å². The lowest BCUT2D eigenvalue weighted by Crippen LogP contribution is -2.44. The number of amides is 1. The van der Waals surface area contributed by atoms with Gasteiger partial charge in [0.05, 0.1) is 6.54 Å². The van der Waals surface area contributed by atoms with Crippen LogP contribution in [0, 0.1) is 11.8 Å². The smallest absolute Gasteiger partial charge is 0.234 e. The van der Waals surface area contributed by atoms with Crippen LogP contribution in [0.4, 0.5) is 0 Å². The molecule has 2 saturated heterocycles. The van der Waals surface area contributed by atoms with Crippen molar-refractivity contribution in [1.29, 1.82) is 0 Å². The van der Waals surface area contributed by atoms with Gasteiger partial charge >= 0.3 is 0 Å². The Kier molecular flexibility index (Phi) is 4.62. The Labute approximate surface area is 110 Å². The average molecular weight is 253 g/mol. The van der Waals surface area contributed by atoms with E-state index >= 15 is 0 Å². The number of carbonyl (C=O) groups excluding carboxylic acids is 1. The molecule has 0 saturated carbocycles. The largest absolute Gasteiger partial charge is 0.353 e. The highest BCUT2D eigenvalue weighted by atomic mass is 16.2. The molecule has 2 aliphatic rings. The molecule has 2 N–H and O–H groups in total. The Morgan fingerprint density at radius 1 is 1.44 bits per heavy atom. The van der Waals surface area contributed by atoms with Crippen molar-refractivity contribution < 1.29 is 4.79 Å². The van der Waals surface area contributed by atoms with Crippen LogP contribution in [0.25, 0.3) is 0 Å². The molecule has 2 rings (SSSR count). The van der Waals surface area contributed by atoms with E-state index in [9.17, 15) is 4.79 Å². The number of hydrogen-bond acceptors (Lipinski definition) is 3. The van der Waals surface area contributed by atoms with Gasteiger partial charge in [-0.1, -0.05) is 13.8 Å². The average Bonchev–Trinajstić information content (AvgIpc) is 2.88. The molecule has 18 heavy (non-hydrogen) atoms. The molecule has 2 aliphatic heterocycles. The fraction of sp³-hybridized carbons (Fsp3) is 0.929. The van der Waals surface area contributed by atoms with Crippen LogP contribution in [-0.2, 0) is 4.79 Å². The van der Waals surface area contributed by atoms with Gasteiger partial charge in [0.25, 0.3) is 0 Å². The Hall–Kier alpha value is -0.610. The molecule has 4 nitrogen and oxygen atoms in total. The lowest BCUT2D eigenvalue weighted by atomic mass is 9.93. The highest BCUT2D eigenvalue weighted by Crippen LogP contribution is 2.33. The quantitative estimate of drug-likeness (QED) is 0.763. The Morgan fingerprint density at radius 2 is 2.22 bits per heavy atom. The van der Waals surface area contributed by atoms with Crippen LogP contribution in [0.3, 0.4) is 0 Å². The lowest BCUT2D eigenvalue weighted by molar-refractivity contribution is -0.123. The summed E-state index contributed by atoms with van der Waals surface area (Å²) in [6, 6.07) is 0.883. The fourth-order valence-corrected chi connectivity index (χ4v) is 3.46. The highest BCUT2D eigenvalue weighted by molar-refractivity contribution is 5.78. The number of hydrogen-bond donors (Lipinski definition) is 2. The van der Waals surface area contributed by atoms with Gasteiger partial charge in [-0.25, -0.2) is 0 Å². The van der Waals surface area contributed by atoms with Gasteiger partial charge in [-0.05, 0) is 44.7 Å². The van der Waals surface area contributed by atoms with Crippen LogP contribution in [0.1, 0.15) is 33.6 Å². The van der Waals surface area contributed by atoms with E-state index in [1.807, 2.05) is 0 Å². The number of nitrogens with zero attached hydrogens (tertiary/aromatic N) is 1. The second kappa shape index (κ2) is 6.02. The zero-order valence-electron chi connectivity index (χ0n) is 11.9. The lowest BCUT2D eigenvalue weighted by Gasteiger charge is -2.26. The second-order valence-corrected chi connectivity index (χ2v) is 5.86. The SMILES string of the molecule is CCC(C)NC(=O)CN1CC2CNCC2C1CC. The van der Waals surface area contributed by atoms with E-state index in [1.165, 1.54) is 0 Å². The number of carbonyl (C=O) groups is 1. The molecular formula is C14H27N3O. The van der Waals surface area contributed by atoms with Gasteiger partial charge in [-0.15, -0.1) is 0 Å². The molecule has 0 aromatic heterocycles. The van der Waals surface area contributed by atoms with Crippen LogP contribution >= 0.6 is 0 Å².